The molecule has 37 heavy (non-hydrogen) atoms. The van der Waals surface area contributed by atoms with Crippen LogP contribution in [0.1, 0.15) is 44.2 Å². The fraction of sp³-hybridized carbons (Fsp3) is 0.444. The zero-order valence-corrected chi connectivity index (χ0v) is 21.6. The largest absolute Gasteiger partial charge is 0.354 e. The predicted octanol–water partition coefficient (Wildman–Crippen LogP) is 3.86. The summed E-state index contributed by atoms with van der Waals surface area (Å²) in [5.74, 6) is -1.32. The Bertz CT molecular complexity index is 1180. The molecule has 0 spiro atoms. The van der Waals surface area contributed by atoms with E-state index in [9.17, 15) is 18.8 Å². The average Bonchev–Trinajstić information content (AvgIpc) is 3.19. The van der Waals surface area contributed by atoms with E-state index >= 15 is 0 Å². The molecular formula is C27H31ClFN5O3. The van der Waals surface area contributed by atoms with Crippen LogP contribution < -0.4 is 10.7 Å². The second-order valence-electron chi connectivity index (χ2n) is 10.3. The van der Waals surface area contributed by atoms with E-state index in [2.05, 4.69) is 10.7 Å². The first-order valence-electron chi connectivity index (χ1n) is 12.7. The van der Waals surface area contributed by atoms with Gasteiger partial charge in [0.25, 0.3) is 0 Å². The van der Waals surface area contributed by atoms with E-state index in [0.717, 1.165) is 5.56 Å². The number of hydrogen-bond donors (Lipinski definition) is 2. The van der Waals surface area contributed by atoms with Crippen LogP contribution in [-0.4, -0.2) is 51.0 Å². The highest BCUT2D eigenvalue weighted by Crippen LogP contribution is 2.41. The quantitative estimate of drug-likeness (QED) is 0.597. The van der Waals surface area contributed by atoms with Gasteiger partial charge in [0.1, 0.15) is 5.82 Å². The summed E-state index contributed by atoms with van der Waals surface area (Å²) in [5, 5.41) is 4.51. The molecule has 1 saturated carbocycles. The summed E-state index contributed by atoms with van der Waals surface area (Å²) in [6, 6.07) is 13.2. The minimum atomic E-state index is -0.751. The maximum absolute atomic E-state index is 14.6. The van der Waals surface area contributed by atoms with E-state index < -0.39 is 24.1 Å². The molecule has 2 saturated heterocycles. The molecule has 3 aliphatic rings. The molecule has 0 aromatic heterocycles. The molecule has 0 bridgehead atoms. The minimum Gasteiger partial charge on any atom is -0.354 e. The standard InChI is InChI=1S/C27H31ClFN5O3/c1-16(2)30-24(35)18-11-12-19-23(13-18)34-26(32(25(19)36)14-17-7-4-3-5-8-17)31-33(27(34)37)15-20-21(28)9-6-10-22(20)29/h3-10,16,18-19,23,26,31H,11-15H2,1-2H3,(H,30,35). The maximum Gasteiger partial charge on any atom is 0.337 e. The highest BCUT2D eigenvalue weighted by molar-refractivity contribution is 6.31. The zero-order valence-electron chi connectivity index (χ0n) is 20.9. The van der Waals surface area contributed by atoms with Crippen LogP contribution >= 0.6 is 11.6 Å². The van der Waals surface area contributed by atoms with Crippen LogP contribution in [-0.2, 0) is 22.7 Å². The van der Waals surface area contributed by atoms with Gasteiger partial charge < -0.3 is 10.2 Å². The normalized spacial score (nSPS) is 25.4. The van der Waals surface area contributed by atoms with Crippen LogP contribution in [0.15, 0.2) is 48.5 Å². The molecule has 5 rings (SSSR count). The average molecular weight is 528 g/mol. The molecule has 10 heteroatoms. The van der Waals surface area contributed by atoms with Crippen molar-refractivity contribution in [2.75, 3.05) is 0 Å². The van der Waals surface area contributed by atoms with Crippen LogP contribution in [0.25, 0.3) is 0 Å². The molecular weight excluding hydrogens is 497 g/mol. The number of hydrogen-bond acceptors (Lipinski definition) is 4. The molecule has 2 heterocycles. The third-order valence-electron chi connectivity index (χ3n) is 7.43. The Morgan fingerprint density at radius 1 is 1.11 bits per heavy atom. The van der Waals surface area contributed by atoms with Crippen molar-refractivity contribution in [2.45, 2.75) is 64.6 Å². The van der Waals surface area contributed by atoms with Crippen LogP contribution in [0.2, 0.25) is 5.02 Å². The van der Waals surface area contributed by atoms with Gasteiger partial charge in [-0.1, -0.05) is 48.0 Å². The molecule has 196 valence electrons. The van der Waals surface area contributed by atoms with Crippen molar-refractivity contribution in [3.8, 4) is 0 Å². The summed E-state index contributed by atoms with van der Waals surface area (Å²) in [6.07, 6.45) is 0.741. The molecule has 2 aliphatic heterocycles. The van der Waals surface area contributed by atoms with E-state index in [-0.39, 0.29) is 46.9 Å². The topological polar surface area (TPSA) is 85.0 Å². The molecule has 0 radical (unpaired) electrons. The molecule has 4 atom stereocenters. The molecule has 4 amide bonds. The van der Waals surface area contributed by atoms with E-state index in [4.69, 9.17) is 11.6 Å². The monoisotopic (exact) mass is 527 g/mol. The van der Waals surface area contributed by atoms with Crippen LogP contribution in [0.5, 0.6) is 0 Å². The molecule has 8 nitrogen and oxygen atoms in total. The van der Waals surface area contributed by atoms with Crippen molar-refractivity contribution in [1.29, 1.82) is 0 Å². The number of hydrazine groups is 1. The van der Waals surface area contributed by atoms with E-state index in [1.54, 1.807) is 15.9 Å². The van der Waals surface area contributed by atoms with Gasteiger partial charge in [-0.3, -0.25) is 19.5 Å². The Labute approximate surface area is 220 Å². The lowest BCUT2D eigenvalue weighted by molar-refractivity contribution is -0.160. The first kappa shape index (κ1) is 25.5. The summed E-state index contributed by atoms with van der Waals surface area (Å²) in [6.45, 7) is 4.03. The lowest BCUT2D eigenvalue weighted by atomic mass is 9.75. The number of rotatable bonds is 6. The molecule has 3 fully saturated rings. The van der Waals surface area contributed by atoms with E-state index in [0.29, 0.717) is 25.8 Å². The van der Waals surface area contributed by atoms with Crippen LogP contribution in [0.3, 0.4) is 0 Å². The first-order chi connectivity index (χ1) is 17.7. The van der Waals surface area contributed by atoms with Gasteiger partial charge >= 0.3 is 6.03 Å². The number of benzene rings is 2. The van der Waals surface area contributed by atoms with Gasteiger partial charge in [-0.2, -0.15) is 5.43 Å². The maximum atomic E-state index is 14.6. The van der Waals surface area contributed by atoms with Crippen molar-refractivity contribution < 1.29 is 18.8 Å². The Morgan fingerprint density at radius 3 is 2.57 bits per heavy atom. The lowest BCUT2D eigenvalue weighted by Gasteiger charge is -2.49. The van der Waals surface area contributed by atoms with Crippen LogP contribution in [0, 0.1) is 17.7 Å². The van der Waals surface area contributed by atoms with Gasteiger partial charge in [0.15, 0.2) is 6.29 Å². The van der Waals surface area contributed by atoms with Crippen molar-refractivity contribution >= 4 is 29.4 Å². The van der Waals surface area contributed by atoms with Gasteiger partial charge in [0.05, 0.1) is 12.5 Å². The van der Waals surface area contributed by atoms with Crippen molar-refractivity contribution in [3.63, 3.8) is 0 Å². The van der Waals surface area contributed by atoms with Crippen molar-refractivity contribution in [1.82, 2.24) is 25.6 Å². The molecule has 1 aliphatic carbocycles. The zero-order chi connectivity index (χ0) is 26.3. The van der Waals surface area contributed by atoms with E-state index in [1.807, 2.05) is 44.2 Å². The summed E-state index contributed by atoms with van der Waals surface area (Å²) in [4.78, 5) is 43.7. The van der Waals surface area contributed by atoms with Gasteiger partial charge in [0, 0.05) is 35.1 Å². The summed E-state index contributed by atoms with van der Waals surface area (Å²) in [7, 11) is 0. The Balaban J connectivity index is 1.46. The highest BCUT2D eigenvalue weighted by Gasteiger charge is 2.56. The number of fused-ring (bicyclic) bond motifs is 3. The molecule has 2 aromatic rings. The summed E-state index contributed by atoms with van der Waals surface area (Å²) < 4.78 is 14.6. The van der Waals surface area contributed by atoms with Crippen LogP contribution in [0.4, 0.5) is 9.18 Å². The number of urea groups is 1. The summed E-state index contributed by atoms with van der Waals surface area (Å²) in [5.41, 5.74) is 4.27. The van der Waals surface area contributed by atoms with Crippen molar-refractivity contribution in [3.05, 3.63) is 70.5 Å². The Kier molecular flexibility index (Phi) is 7.09. The van der Waals surface area contributed by atoms with Gasteiger partial charge in [0.2, 0.25) is 11.8 Å². The molecule has 2 aromatic carbocycles. The third kappa shape index (κ3) is 4.90. The number of amides is 4. The predicted molar refractivity (Wildman–Crippen MR) is 136 cm³/mol. The third-order valence-corrected chi connectivity index (χ3v) is 7.79. The Hall–Kier alpha value is -3.17. The van der Waals surface area contributed by atoms with Gasteiger partial charge in [-0.15, -0.1) is 0 Å². The second-order valence-corrected chi connectivity index (χ2v) is 10.7. The van der Waals surface area contributed by atoms with Gasteiger partial charge in [-0.25, -0.2) is 9.18 Å². The fourth-order valence-electron chi connectivity index (χ4n) is 5.66. The molecule has 2 N–H and O–H groups in total. The van der Waals surface area contributed by atoms with Gasteiger partial charge in [-0.05, 0) is 50.8 Å². The molecule has 4 unspecified atom stereocenters. The first-order valence-corrected chi connectivity index (χ1v) is 13.1. The number of nitrogens with one attached hydrogen (secondary N) is 2. The minimum absolute atomic E-state index is 0.00316. The number of carbonyl (C=O) groups excluding carboxylic acids is 3. The number of carbonyl (C=O) groups is 3. The van der Waals surface area contributed by atoms with Crippen molar-refractivity contribution in [2.24, 2.45) is 11.8 Å². The fourth-order valence-corrected chi connectivity index (χ4v) is 5.88. The highest BCUT2D eigenvalue weighted by atomic mass is 35.5. The SMILES string of the molecule is CC(C)NC(=O)C1CCC2C(=O)N(Cc3ccccc3)C3NN(Cc4c(F)cccc4Cl)C(=O)N3C2C1. The lowest BCUT2D eigenvalue weighted by Crippen LogP contribution is -2.66. The number of halogens is 2. The summed E-state index contributed by atoms with van der Waals surface area (Å²) >= 11 is 6.25. The van der Waals surface area contributed by atoms with E-state index in [1.165, 1.54) is 17.1 Å². The smallest absolute Gasteiger partial charge is 0.337 e. The Morgan fingerprint density at radius 2 is 1.86 bits per heavy atom. The second kappa shape index (κ2) is 10.3. The number of nitrogens with zero attached hydrogens (tertiary/aromatic N) is 3.